The van der Waals surface area contributed by atoms with Gasteiger partial charge >= 0.3 is 5.97 Å². The Labute approximate surface area is 178 Å². The van der Waals surface area contributed by atoms with Crippen molar-refractivity contribution >= 4 is 62.0 Å². The molecule has 1 atom stereocenters. The van der Waals surface area contributed by atoms with Gasteiger partial charge in [0.25, 0.3) is 0 Å². The van der Waals surface area contributed by atoms with E-state index in [1.807, 2.05) is 26.8 Å². The minimum Gasteiger partial charge on any atom is -0.465 e. The van der Waals surface area contributed by atoms with E-state index < -0.39 is 5.97 Å². The first kappa shape index (κ1) is 23.8. The number of anilines is 1. The lowest BCUT2D eigenvalue weighted by atomic mass is 9.87. The van der Waals surface area contributed by atoms with Gasteiger partial charge in [-0.3, -0.25) is 4.79 Å². The third-order valence-electron chi connectivity index (χ3n) is 4.23. The highest BCUT2D eigenvalue weighted by Gasteiger charge is 2.27. The first-order chi connectivity index (χ1) is 12.5. The molecule has 1 aliphatic rings. The quantitative estimate of drug-likeness (QED) is 0.273. The number of benzene rings is 1. The Morgan fingerprint density at radius 3 is 2.38 bits per heavy atom. The number of ether oxygens (including phenoxy) is 1. The Hall–Kier alpha value is -0.240. The monoisotopic (exact) mass is 557 g/mol. The van der Waals surface area contributed by atoms with Gasteiger partial charge in [-0.15, -0.1) is 0 Å². The van der Waals surface area contributed by atoms with Crippen LogP contribution < -0.4 is 5.32 Å². The summed E-state index contributed by atoms with van der Waals surface area (Å²) in [7, 11) is 1.34. The third-order valence-corrected chi connectivity index (χ3v) is 6.07. The summed E-state index contributed by atoms with van der Waals surface area (Å²) in [5.74, 6) is -0.437. The van der Waals surface area contributed by atoms with Crippen LogP contribution in [0.3, 0.4) is 0 Å². The van der Waals surface area contributed by atoms with Crippen molar-refractivity contribution in [2.45, 2.75) is 52.6 Å². The Kier molecular flexibility index (Phi) is 11.2. The van der Waals surface area contributed by atoms with Crippen LogP contribution in [0.15, 0.2) is 16.6 Å². The summed E-state index contributed by atoms with van der Waals surface area (Å²) in [6.45, 7) is 6.36. The minimum absolute atomic E-state index is 0.00612. The largest absolute Gasteiger partial charge is 0.465 e. The van der Waals surface area contributed by atoms with Gasteiger partial charge in [-0.05, 0) is 88.3 Å². The molecule has 0 bridgehead atoms. The van der Waals surface area contributed by atoms with Crippen molar-refractivity contribution in [1.82, 2.24) is 0 Å². The normalized spacial score (nSPS) is 19.6. The zero-order valence-electron chi connectivity index (χ0n) is 15.5. The Bertz CT molecular complexity index is 621. The van der Waals surface area contributed by atoms with Crippen molar-refractivity contribution in [3.05, 3.63) is 27.7 Å². The van der Waals surface area contributed by atoms with Crippen molar-refractivity contribution in [1.29, 1.82) is 0 Å². The number of methoxy groups -OCH3 is 1. The Morgan fingerprint density at radius 1 is 1.23 bits per heavy atom. The molecule has 0 heterocycles. The van der Waals surface area contributed by atoms with Crippen LogP contribution in [0.1, 0.15) is 55.5 Å². The van der Waals surface area contributed by atoms with Gasteiger partial charge in [0.05, 0.1) is 25.2 Å². The SMILES string of the molecule is CC.COC(=O)c1cc(NC(=O)C2CCC(OPI)CC2)c(C)cc1Br. The predicted octanol–water partition coefficient (Wildman–Crippen LogP) is 6.03. The van der Waals surface area contributed by atoms with Gasteiger partial charge in [0.1, 0.15) is 0 Å². The number of esters is 1. The fourth-order valence-corrected chi connectivity index (χ4v) is 4.87. The van der Waals surface area contributed by atoms with Crippen LogP contribution in [0, 0.1) is 12.8 Å². The molecular formula is C18H26BrINO4P. The summed E-state index contributed by atoms with van der Waals surface area (Å²) in [6.07, 6.45) is 3.78. The molecule has 1 N–H and O–H groups in total. The molecule has 0 radical (unpaired) electrons. The molecule has 0 aromatic heterocycles. The van der Waals surface area contributed by atoms with E-state index in [2.05, 4.69) is 43.3 Å². The van der Waals surface area contributed by atoms with E-state index in [1.165, 1.54) is 7.11 Å². The van der Waals surface area contributed by atoms with Crippen molar-refractivity contribution in [3.8, 4) is 0 Å². The summed E-state index contributed by atoms with van der Waals surface area (Å²) in [5, 5.41) is 2.97. The van der Waals surface area contributed by atoms with Crippen LogP contribution >= 0.6 is 44.4 Å². The molecule has 1 unspecified atom stereocenters. The van der Waals surface area contributed by atoms with E-state index >= 15 is 0 Å². The molecule has 1 aliphatic carbocycles. The van der Waals surface area contributed by atoms with Crippen LogP contribution in [0.2, 0.25) is 0 Å². The van der Waals surface area contributed by atoms with Crippen LogP contribution in [0.4, 0.5) is 5.69 Å². The maximum Gasteiger partial charge on any atom is 0.339 e. The number of amides is 1. The summed E-state index contributed by atoms with van der Waals surface area (Å²) in [4.78, 5) is 24.3. The Balaban J connectivity index is 0.00000163. The van der Waals surface area contributed by atoms with Gasteiger partial charge in [-0.2, -0.15) is 0 Å². The maximum absolute atomic E-state index is 12.5. The average Bonchev–Trinajstić information content (AvgIpc) is 2.65. The van der Waals surface area contributed by atoms with Crippen LogP contribution in [0.25, 0.3) is 0 Å². The second-order valence-electron chi connectivity index (χ2n) is 5.80. The van der Waals surface area contributed by atoms with Crippen LogP contribution in [-0.2, 0) is 14.1 Å². The number of carbonyl (C=O) groups is 2. The summed E-state index contributed by atoms with van der Waals surface area (Å²) < 4.78 is 11.1. The zero-order valence-corrected chi connectivity index (χ0v) is 20.3. The van der Waals surface area contributed by atoms with Gasteiger partial charge in [0.2, 0.25) is 5.91 Å². The average molecular weight is 558 g/mol. The smallest absolute Gasteiger partial charge is 0.339 e. The van der Waals surface area contributed by atoms with Crippen molar-refractivity contribution < 1.29 is 18.8 Å². The lowest BCUT2D eigenvalue weighted by Crippen LogP contribution is -2.29. The number of aryl methyl sites for hydroxylation is 1. The second kappa shape index (κ2) is 12.3. The molecule has 0 saturated heterocycles. The van der Waals surface area contributed by atoms with Crippen molar-refractivity contribution in [2.75, 3.05) is 12.4 Å². The fourth-order valence-electron chi connectivity index (χ4n) is 2.81. The molecule has 8 heteroatoms. The van der Waals surface area contributed by atoms with E-state index in [0.29, 0.717) is 22.2 Å². The molecule has 1 aromatic carbocycles. The van der Waals surface area contributed by atoms with Crippen molar-refractivity contribution in [2.24, 2.45) is 5.92 Å². The lowest BCUT2D eigenvalue weighted by Gasteiger charge is -2.27. The highest BCUT2D eigenvalue weighted by Crippen LogP contribution is 2.34. The number of halogens is 2. The number of hydrogen-bond donors (Lipinski definition) is 1. The molecule has 2 rings (SSSR count). The van der Waals surface area contributed by atoms with E-state index in [1.54, 1.807) is 6.07 Å². The highest BCUT2D eigenvalue weighted by atomic mass is 127. The first-order valence-corrected chi connectivity index (χ1v) is 13.5. The summed E-state index contributed by atoms with van der Waals surface area (Å²) in [5.41, 5.74) is 1.94. The van der Waals surface area contributed by atoms with E-state index in [-0.39, 0.29) is 17.9 Å². The zero-order chi connectivity index (χ0) is 19.7. The lowest BCUT2D eigenvalue weighted by molar-refractivity contribution is -0.121. The number of nitrogens with one attached hydrogen (secondary N) is 1. The molecule has 0 spiro atoms. The standard InChI is InChI=1S/C16H20BrINO4P.C2H6/c1-9-7-13(17)12(16(21)22-2)8-14(9)19-15(20)10-3-5-11(6-4-10)23-24-18;1-2/h7-8,10-11,24H,3-6H2,1-2H3,(H,19,20);1-2H3. The van der Waals surface area contributed by atoms with Crippen LogP contribution in [-0.4, -0.2) is 25.1 Å². The third kappa shape index (κ3) is 6.73. The molecule has 26 heavy (non-hydrogen) atoms. The molecule has 5 nitrogen and oxygen atoms in total. The predicted molar refractivity (Wildman–Crippen MR) is 119 cm³/mol. The van der Waals surface area contributed by atoms with Gasteiger partial charge in [-0.25, -0.2) is 4.79 Å². The molecule has 146 valence electrons. The van der Waals surface area contributed by atoms with Gasteiger partial charge in [-0.1, -0.05) is 13.8 Å². The molecule has 1 fully saturated rings. The van der Waals surface area contributed by atoms with Gasteiger partial charge in [0.15, 0.2) is 0 Å². The van der Waals surface area contributed by atoms with E-state index in [9.17, 15) is 9.59 Å². The van der Waals surface area contributed by atoms with E-state index in [0.717, 1.165) is 31.2 Å². The summed E-state index contributed by atoms with van der Waals surface area (Å²) >= 11 is 5.59. The summed E-state index contributed by atoms with van der Waals surface area (Å²) in [6, 6.07) is 3.48. The molecule has 1 amide bonds. The Morgan fingerprint density at radius 2 is 1.85 bits per heavy atom. The molecular weight excluding hydrogens is 532 g/mol. The number of rotatable bonds is 5. The van der Waals surface area contributed by atoms with Crippen molar-refractivity contribution in [3.63, 3.8) is 0 Å². The maximum atomic E-state index is 12.5. The highest BCUT2D eigenvalue weighted by molar-refractivity contribution is 14.2. The minimum atomic E-state index is -0.435. The van der Waals surface area contributed by atoms with Gasteiger partial charge in [0, 0.05) is 16.1 Å². The molecule has 1 saturated carbocycles. The first-order valence-electron chi connectivity index (χ1n) is 8.66. The fraction of sp³-hybridized carbons (Fsp3) is 0.556. The topological polar surface area (TPSA) is 64.6 Å². The second-order valence-corrected chi connectivity index (χ2v) is 8.36. The number of carbonyl (C=O) groups excluding carboxylic acids is 2. The number of hydrogen-bond acceptors (Lipinski definition) is 4. The van der Waals surface area contributed by atoms with E-state index in [4.69, 9.17) is 9.26 Å². The molecule has 1 aromatic rings. The van der Waals surface area contributed by atoms with Gasteiger partial charge < -0.3 is 14.6 Å². The van der Waals surface area contributed by atoms with Crippen LogP contribution in [0.5, 0.6) is 0 Å². The molecule has 0 aliphatic heterocycles.